The van der Waals surface area contributed by atoms with Gasteiger partial charge in [0.25, 0.3) is 0 Å². The summed E-state index contributed by atoms with van der Waals surface area (Å²) in [5, 5.41) is 2.45. The number of fused-ring (bicyclic) bond motifs is 1. The lowest BCUT2D eigenvalue weighted by atomic mass is 9.79. The lowest BCUT2D eigenvalue weighted by Crippen LogP contribution is -2.41. The molecule has 166 valence electrons. The Balaban J connectivity index is 1.59. The summed E-state index contributed by atoms with van der Waals surface area (Å²) in [6.45, 7) is 10.5. The average Bonchev–Trinajstić information content (AvgIpc) is 3.03. The summed E-state index contributed by atoms with van der Waals surface area (Å²) in [6.07, 6.45) is 0. The van der Waals surface area contributed by atoms with Gasteiger partial charge in [0.05, 0.1) is 16.9 Å². The van der Waals surface area contributed by atoms with Crippen molar-refractivity contribution in [1.82, 2.24) is 0 Å². The Kier molecular flexibility index (Phi) is 5.31. The second kappa shape index (κ2) is 8.05. The van der Waals surface area contributed by atoms with Crippen LogP contribution in [0.25, 0.3) is 10.8 Å². The van der Waals surface area contributed by atoms with Crippen molar-refractivity contribution in [2.45, 2.75) is 45.8 Å². The van der Waals surface area contributed by atoms with Crippen molar-refractivity contribution in [2.75, 3.05) is 4.90 Å². The molecular formula is C29H30BNO2. The molecule has 0 N–H and O–H groups in total. The number of hydrogen-bond acceptors (Lipinski definition) is 3. The molecule has 4 heteroatoms. The fraction of sp³-hybridized carbons (Fsp3) is 0.241. The molecule has 5 rings (SSSR count). The Labute approximate surface area is 197 Å². The normalized spacial score (nSPS) is 16.8. The predicted molar refractivity (Wildman–Crippen MR) is 139 cm³/mol. The summed E-state index contributed by atoms with van der Waals surface area (Å²) in [6, 6.07) is 32.1. The van der Waals surface area contributed by atoms with E-state index in [2.05, 4.69) is 131 Å². The van der Waals surface area contributed by atoms with Gasteiger partial charge in [0.15, 0.2) is 0 Å². The van der Waals surface area contributed by atoms with Crippen molar-refractivity contribution < 1.29 is 9.31 Å². The van der Waals surface area contributed by atoms with Crippen LogP contribution in [0.3, 0.4) is 0 Å². The zero-order chi connectivity index (χ0) is 23.2. The summed E-state index contributed by atoms with van der Waals surface area (Å²) in [7, 11) is -0.367. The summed E-state index contributed by atoms with van der Waals surface area (Å²) in [5.74, 6) is 0. The van der Waals surface area contributed by atoms with E-state index in [1.54, 1.807) is 0 Å². The molecule has 1 fully saturated rings. The summed E-state index contributed by atoms with van der Waals surface area (Å²) < 4.78 is 12.5. The van der Waals surface area contributed by atoms with E-state index in [9.17, 15) is 0 Å². The van der Waals surface area contributed by atoms with Gasteiger partial charge in [-0.3, -0.25) is 0 Å². The second-order valence-corrected chi connectivity index (χ2v) is 9.80. The third kappa shape index (κ3) is 3.84. The molecule has 4 aromatic rings. The van der Waals surface area contributed by atoms with Gasteiger partial charge in [0, 0.05) is 16.8 Å². The number of aryl methyl sites for hydroxylation is 1. The fourth-order valence-electron chi connectivity index (χ4n) is 4.39. The average molecular weight is 435 g/mol. The molecule has 33 heavy (non-hydrogen) atoms. The Morgan fingerprint density at radius 1 is 0.636 bits per heavy atom. The maximum Gasteiger partial charge on any atom is 0.494 e. The van der Waals surface area contributed by atoms with Crippen LogP contribution < -0.4 is 10.4 Å². The molecule has 0 radical (unpaired) electrons. The first kappa shape index (κ1) is 21.8. The van der Waals surface area contributed by atoms with E-state index >= 15 is 0 Å². The SMILES string of the molecule is Cc1ccccc1N(c1ccc(B2OC(C)(C)C(C)(C)O2)cc1)c1cccc2ccccc12. The zero-order valence-corrected chi connectivity index (χ0v) is 20.0. The highest BCUT2D eigenvalue weighted by Crippen LogP contribution is 2.40. The van der Waals surface area contributed by atoms with Gasteiger partial charge in [-0.1, -0.05) is 66.7 Å². The molecule has 0 saturated carbocycles. The van der Waals surface area contributed by atoms with Crippen molar-refractivity contribution in [3.05, 3.63) is 96.6 Å². The molecule has 0 unspecified atom stereocenters. The van der Waals surface area contributed by atoms with Crippen LogP contribution in [0.5, 0.6) is 0 Å². The Morgan fingerprint density at radius 3 is 1.91 bits per heavy atom. The molecule has 0 aromatic heterocycles. The number of anilines is 3. The minimum Gasteiger partial charge on any atom is -0.399 e. The van der Waals surface area contributed by atoms with Gasteiger partial charge < -0.3 is 14.2 Å². The highest BCUT2D eigenvalue weighted by atomic mass is 16.7. The van der Waals surface area contributed by atoms with Crippen molar-refractivity contribution >= 4 is 40.4 Å². The molecule has 3 nitrogen and oxygen atoms in total. The van der Waals surface area contributed by atoms with Crippen molar-refractivity contribution in [2.24, 2.45) is 0 Å². The topological polar surface area (TPSA) is 21.7 Å². The maximum atomic E-state index is 6.26. The fourth-order valence-corrected chi connectivity index (χ4v) is 4.39. The lowest BCUT2D eigenvalue weighted by Gasteiger charge is -2.32. The molecule has 0 aliphatic carbocycles. The monoisotopic (exact) mass is 435 g/mol. The smallest absolute Gasteiger partial charge is 0.399 e. The van der Waals surface area contributed by atoms with Crippen molar-refractivity contribution in [3.8, 4) is 0 Å². The summed E-state index contributed by atoms with van der Waals surface area (Å²) in [5.41, 5.74) is 4.96. The zero-order valence-electron chi connectivity index (χ0n) is 20.0. The standard InChI is InChI=1S/C29H30BNO2/c1-21-11-6-9-15-26(21)31(27-16-10-13-22-12-7-8-14-25(22)27)24-19-17-23(18-20-24)30-32-28(2,3)29(4,5)33-30/h6-20H,1-5H3. The molecule has 1 heterocycles. The number of rotatable bonds is 4. The van der Waals surface area contributed by atoms with Crippen molar-refractivity contribution in [3.63, 3.8) is 0 Å². The van der Waals surface area contributed by atoms with Gasteiger partial charge in [-0.15, -0.1) is 0 Å². The molecule has 1 aliphatic heterocycles. The number of nitrogens with zero attached hydrogens (tertiary/aromatic N) is 1. The molecule has 0 spiro atoms. The molecular weight excluding hydrogens is 405 g/mol. The first-order valence-corrected chi connectivity index (χ1v) is 11.6. The highest BCUT2D eigenvalue weighted by Gasteiger charge is 2.51. The highest BCUT2D eigenvalue weighted by molar-refractivity contribution is 6.62. The van der Waals surface area contributed by atoms with E-state index in [1.807, 2.05) is 0 Å². The van der Waals surface area contributed by atoms with Crippen molar-refractivity contribution in [1.29, 1.82) is 0 Å². The Hall–Kier alpha value is -3.08. The predicted octanol–water partition coefficient (Wildman–Crippen LogP) is 6.92. The van der Waals surface area contributed by atoms with Gasteiger partial charge >= 0.3 is 7.12 Å². The van der Waals surface area contributed by atoms with Crippen LogP contribution in [0.15, 0.2) is 91.0 Å². The third-order valence-corrected chi connectivity index (χ3v) is 7.04. The second-order valence-electron chi connectivity index (χ2n) is 9.80. The number of hydrogen-bond donors (Lipinski definition) is 0. The molecule has 4 aromatic carbocycles. The van der Waals surface area contributed by atoms with E-state index in [0.717, 1.165) is 22.5 Å². The van der Waals surface area contributed by atoms with Gasteiger partial charge in [-0.05, 0) is 75.3 Å². The lowest BCUT2D eigenvalue weighted by molar-refractivity contribution is 0.00578. The molecule has 0 amide bonds. The first-order chi connectivity index (χ1) is 15.8. The van der Waals surface area contributed by atoms with Gasteiger partial charge in [-0.25, -0.2) is 0 Å². The van der Waals surface area contributed by atoms with Crippen LogP contribution in [0.4, 0.5) is 17.1 Å². The quantitative estimate of drug-likeness (QED) is 0.325. The van der Waals surface area contributed by atoms with Crippen LogP contribution in [-0.2, 0) is 9.31 Å². The van der Waals surface area contributed by atoms with E-state index in [-0.39, 0.29) is 18.3 Å². The van der Waals surface area contributed by atoms with Crippen LogP contribution in [0, 0.1) is 6.92 Å². The first-order valence-electron chi connectivity index (χ1n) is 11.6. The van der Waals surface area contributed by atoms with E-state index in [1.165, 1.54) is 16.3 Å². The summed E-state index contributed by atoms with van der Waals surface area (Å²) in [4.78, 5) is 2.34. The minimum absolute atomic E-state index is 0.355. The van der Waals surface area contributed by atoms with E-state index in [4.69, 9.17) is 9.31 Å². The maximum absolute atomic E-state index is 6.26. The Bertz CT molecular complexity index is 1280. The molecule has 1 saturated heterocycles. The largest absolute Gasteiger partial charge is 0.494 e. The van der Waals surface area contributed by atoms with Crippen LogP contribution in [0.2, 0.25) is 0 Å². The van der Waals surface area contributed by atoms with Crippen LogP contribution in [0.1, 0.15) is 33.3 Å². The molecule has 0 atom stereocenters. The Morgan fingerprint density at radius 2 is 1.21 bits per heavy atom. The van der Waals surface area contributed by atoms with E-state index in [0.29, 0.717) is 0 Å². The van der Waals surface area contributed by atoms with Gasteiger partial charge in [-0.2, -0.15) is 0 Å². The molecule has 1 aliphatic rings. The van der Waals surface area contributed by atoms with Crippen LogP contribution >= 0.6 is 0 Å². The van der Waals surface area contributed by atoms with Crippen LogP contribution in [-0.4, -0.2) is 18.3 Å². The van der Waals surface area contributed by atoms with Gasteiger partial charge in [0.1, 0.15) is 0 Å². The van der Waals surface area contributed by atoms with E-state index < -0.39 is 0 Å². The molecule has 0 bridgehead atoms. The third-order valence-electron chi connectivity index (χ3n) is 7.04. The minimum atomic E-state index is -0.367. The summed E-state index contributed by atoms with van der Waals surface area (Å²) >= 11 is 0. The number of para-hydroxylation sites is 1. The number of benzene rings is 4. The van der Waals surface area contributed by atoms with Gasteiger partial charge in [0.2, 0.25) is 0 Å².